The molecule has 0 spiro atoms. The molecule has 0 N–H and O–H groups in total. The van der Waals surface area contributed by atoms with Crippen LogP contribution in [0.5, 0.6) is 0 Å². The number of carbonyl (C=O) groups excluding carboxylic acids is 1. The van der Waals surface area contributed by atoms with Crippen molar-refractivity contribution in [2.45, 2.75) is 38.0 Å². The molecule has 0 aliphatic heterocycles. The minimum Gasteiger partial charge on any atom is -0.295 e. The highest BCUT2D eigenvalue weighted by atomic mass is 32.2. The molecule has 16 heavy (non-hydrogen) atoms. The molecular formula is C14H16OS. The third-order valence-corrected chi connectivity index (χ3v) is 4.12. The molecule has 1 aromatic carbocycles. The largest absolute Gasteiger partial charge is 0.295 e. The molecule has 1 nitrogen and oxygen atoms in total. The Morgan fingerprint density at radius 1 is 1.19 bits per heavy atom. The van der Waals surface area contributed by atoms with Crippen LogP contribution >= 0.6 is 11.8 Å². The Balaban J connectivity index is 2.21. The summed E-state index contributed by atoms with van der Waals surface area (Å²) in [5.74, 6) is 0.321. The van der Waals surface area contributed by atoms with Crippen LogP contribution in [-0.2, 0) is 4.79 Å². The van der Waals surface area contributed by atoms with Gasteiger partial charge in [-0.05, 0) is 43.7 Å². The Morgan fingerprint density at radius 3 is 2.75 bits per heavy atom. The highest BCUT2D eigenvalue weighted by Crippen LogP contribution is 2.36. The maximum atomic E-state index is 11.6. The quantitative estimate of drug-likeness (QED) is 0.763. The first-order valence-corrected chi connectivity index (χ1v) is 6.46. The Labute approximate surface area is 101 Å². The predicted molar refractivity (Wildman–Crippen MR) is 68.6 cm³/mol. The van der Waals surface area contributed by atoms with E-state index in [1.807, 2.05) is 6.92 Å². The molecule has 1 aliphatic carbocycles. The predicted octanol–water partition coefficient (Wildman–Crippen LogP) is 4.11. The molecule has 84 valence electrons. The minimum absolute atomic E-state index is 0.321. The SMILES string of the molecule is CC1=C(Sc2cccc(C)c2)CCCC1=O. The number of hydrogen-bond acceptors (Lipinski definition) is 2. The molecule has 0 saturated carbocycles. The van der Waals surface area contributed by atoms with E-state index < -0.39 is 0 Å². The lowest BCUT2D eigenvalue weighted by molar-refractivity contribution is -0.115. The van der Waals surface area contributed by atoms with Gasteiger partial charge in [-0.2, -0.15) is 0 Å². The summed E-state index contributed by atoms with van der Waals surface area (Å²) in [6, 6.07) is 8.44. The molecule has 0 radical (unpaired) electrons. The molecule has 2 heteroatoms. The maximum absolute atomic E-state index is 11.6. The highest BCUT2D eigenvalue weighted by molar-refractivity contribution is 8.03. The summed E-state index contributed by atoms with van der Waals surface area (Å²) in [5, 5.41) is 0. The van der Waals surface area contributed by atoms with E-state index in [0.29, 0.717) is 5.78 Å². The fourth-order valence-electron chi connectivity index (χ4n) is 1.89. The van der Waals surface area contributed by atoms with E-state index in [-0.39, 0.29) is 0 Å². The molecule has 0 fully saturated rings. The number of carbonyl (C=O) groups is 1. The van der Waals surface area contributed by atoms with Crippen LogP contribution < -0.4 is 0 Å². The van der Waals surface area contributed by atoms with Crippen LogP contribution in [0.3, 0.4) is 0 Å². The number of thioether (sulfide) groups is 1. The van der Waals surface area contributed by atoms with Gasteiger partial charge in [0.05, 0.1) is 0 Å². The first-order chi connectivity index (χ1) is 7.66. The summed E-state index contributed by atoms with van der Waals surface area (Å²) in [6.45, 7) is 4.05. The van der Waals surface area contributed by atoms with Gasteiger partial charge in [0.25, 0.3) is 0 Å². The summed E-state index contributed by atoms with van der Waals surface area (Å²) in [4.78, 5) is 14.1. The molecule has 0 unspecified atom stereocenters. The lowest BCUT2D eigenvalue weighted by Gasteiger charge is -2.16. The average molecular weight is 232 g/mol. The van der Waals surface area contributed by atoms with E-state index >= 15 is 0 Å². The third-order valence-electron chi connectivity index (χ3n) is 2.87. The first kappa shape index (κ1) is 11.5. The van der Waals surface area contributed by atoms with E-state index in [4.69, 9.17) is 0 Å². The zero-order chi connectivity index (χ0) is 11.5. The molecule has 1 aliphatic rings. The van der Waals surface area contributed by atoms with Gasteiger partial charge in [0.15, 0.2) is 5.78 Å². The number of hydrogen-bond donors (Lipinski definition) is 0. The van der Waals surface area contributed by atoms with Gasteiger partial charge < -0.3 is 0 Å². The molecule has 0 atom stereocenters. The number of allylic oxidation sites excluding steroid dienone is 2. The van der Waals surface area contributed by atoms with Gasteiger partial charge in [0, 0.05) is 16.9 Å². The molecule has 0 saturated heterocycles. The monoisotopic (exact) mass is 232 g/mol. The van der Waals surface area contributed by atoms with Gasteiger partial charge in [-0.25, -0.2) is 0 Å². The van der Waals surface area contributed by atoms with E-state index in [1.165, 1.54) is 15.4 Å². The number of rotatable bonds is 2. The maximum Gasteiger partial charge on any atom is 0.159 e. The Morgan fingerprint density at radius 2 is 2.00 bits per heavy atom. The summed E-state index contributed by atoms with van der Waals surface area (Å²) in [6.07, 6.45) is 2.78. The number of ketones is 1. The summed E-state index contributed by atoms with van der Waals surface area (Å²) < 4.78 is 0. The zero-order valence-corrected chi connectivity index (χ0v) is 10.6. The summed E-state index contributed by atoms with van der Waals surface area (Å²) in [7, 11) is 0. The van der Waals surface area contributed by atoms with Crippen LogP contribution in [-0.4, -0.2) is 5.78 Å². The van der Waals surface area contributed by atoms with Crippen molar-refractivity contribution in [1.82, 2.24) is 0 Å². The van der Waals surface area contributed by atoms with Crippen molar-refractivity contribution in [1.29, 1.82) is 0 Å². The number of benzene rings is 1. The van der Waals surface area contributed by atoms with Gasteiger partial charge in [-0.15, -0.1) is 0 Å². The molecular weight excluding hydrogens is 216 g/mol. The van der Waals surface area contributed by atoms with Crippen molar-refractivity contribution in [3.8, 4) is 0 Å². The van der Waals surface area contributed by atoms with E-state index in [0.717, 1.165) is 24.8 Å². The topological polar surface area (TPSA) is 17.1 Å². The second kappa shape index (κ2) is 4.88. The number of aryl methyl sites for hydroxylation is 1. The van der Waals surface area contributed by atoms with Crippen LogP contribution in [0.4, 0.5) is 0 Å². The summed E-state index contributed by atoms with van der Waals surface area (Å²) in [5.41, 5.74) is 2.24. The first-order valence-electron chi connectivity index (χ1n) is 5.64. The second-order valence-electron chi connectivity index (χ2n) is 4.24. The molecule has 0 aromatic heterocycles. The lowest BCUT2D eigenvalue weighted by atomic mass is 9.99. The van der Waals surface area contributed by atoms with Gasteiger partial charge in [-0.3, -0.25) is 4.79 Å². The van der Waals surface area contributed by atoms with Crippen molar-refractivity contribution in [2.75, 3.05) is 0 Å². The Bertz CT molecular complexity index is 446. The second-order valence-corrected chi connectivity index (χ2v) is 5.41. The van der Waals surface area contributed by atoms with Crippen LogP contribution in [0.1, 0.15) is 31.7 Å². The van der Waals surface area contributed by atoms with Gasteiger partial charge in [0.2, 0.25) is 0 Å². The fourth-order valence-corrected chi connectivity index (χ4v) is 3.08. The fraction of sp³-hybridized carbons (Fsp3) is 0.357. The smallest absolute Gasteiger partial charge is 0.159 e. The Kier molecular flexibility index (Phi) is 3.49. The molecule has 0 heterocycles. The number of Topliss-reactive ketones (excluding diaryl/α,β-unsaturated/α-hetero) is 1. The van der Waals surface area contributed by atoms with Crippen molar-refractivity contribution < 1.29 is 4.79 Å². The van der Waals surface area contributed by atoms with Gasteiger partial charge >= 0.3 is 0 Å². The molecule has 2 rings (SSSR count). The lowest BCUT2D eigenvalue weighted by Crippen LogP contribution is -2.07. The Hall–Kier alpha value is -1.02. The van der Waals surface area contributed by atoms with Crippen molar-refractivity contribution >= 4 is 17.5 Å². The highest BCUT2D eigenvalue weighted by Gasteiger charge is 2.17. The minimum atomic E-state index is 0.321. The van der Waals surface area contributed by atoms with Crippen LogP contribution in [0, 0.1) is 6.92 Å². The molecule has 0 bridgehead atoms. The summed E-state index contributed by atoms with van der Waals surface area (Å²) >= 11 is 1.75. The van der Waals surface area contributed by atoms with Crippen molar-refractivity contribution in [3.05, 3.63) is 40.3 Å². The standard InChI is InChI=1S/C14H16OS/c1-10-5-3-6-12(9-10)16-14-8-4-7-13(15)11(14)2/h3,5-6,9H,4,7-8H2,1-2H3. The van der Waals surface area contributed by atoms with E-state index in [9.17, 15) is 4.79 Å². The van der Waals surface area contributed by atoms with Gasteiger partial charge in [-0.1, -0.05) is 29.5 Å². The van der Waals surface area contributed by atoms with Crippen molar-refractivity contribution in [2.24, 2.45) is 0 Å². The van der Waals surface area contributed by atoms with Gasteiger partial charge in [0.1, 0.15) is 0 Å². The van der Waals surface area contributed by atoms with Crippen molar-refractivity contribution in [3.63, 3.8) is 0 Å². The molecule has 1 aromatic rings. The van der Waals surface area contributed by atoms with Crippen LogP contribution in [0.15, 0.2) is 39.6 Å². The van der Waals surface area contributed by atoms with E-state index in [2.05, 4.69) is 31.2 Å². The van der Waals surface area contributed by atoms with Crippen LogP contribution in [0.25, 0.3) is 0 Å². The normalized spacial score (nSPS) is 16.8. The van der Waals surface area contributed by atoms with Crippen LogP contribution in [0.2, 0.25) is 0 Å². The van der Waals surface area contributed by atoms with E-state index in [1.54, 1.807) is 11.8 Å². The zero-order valence-electron chi connectivity index (χ0n) is 9.75. The average Bonchev–Trinajstić information content (AvgIpc) is 2.25. The molecule has 0 amide bonds. The third kappa shape index (κ3) is 2.56.